The monoisotopic (exact) mass is 291 g/mol. The van der Waals surface area contributed by atoms with E-state index in [4.69, 9.17) is 4.74 Å². The van der Waals surface area contributed by atoms with Crippen molar-refractivity contribution in [2.75, 3.05) is 13.2 Å². The highest BCUT2D eigenvalue weighted by Gasteiger charge is 2.38. The normalized spacial score (nSPS) is 21.6. The molecule has 9 nitrogen and oxygen atoms in total. The van der Waals surface area contributed by atoms with E-state index in [2.05, 4.69) is 25.9 Å². The molecule has 21 heavy (non-hydrogen) atoms. The molecule has 1 saturated heterocycles. The third kappa shape index (κ3) is 2.92. The first-order valence-electron chi connectivity index (χ1n) is 6.78. The van der Waals surface area contributed by atoms with Gasteiger partial charge < -0.3 is 10.1 Å². The summed E-state index contributed by atoms with van der Waals surface area (Å²) in [5, 5.41) is 17.7. The molecule has 1 atom stereocenters. The third-order valence-electron chi connectivity index (χ3n) is 3.60. The maximum absolute atomic E-state index is 11.9. The lowest BCUT2D eigenvalue weighted by Gasteiger charge is -2.27. The molecule has 9 heteroatoms. The molecule has 2 aromatic heterocycles. The Bertz CT molecular complexity index is 601. The van der Waals surface area contributed by atoms with E-state index in [0.29, 0.717) is 13.2 Å². The number of amides is 1. The number of aryl methyl sites for hydroxylation is 1. The molecule has 0 radical (unpaired) electrons. The van der Waals surface area contributed by atoms with Gasteiger partial charge in [-0.25, -0.2) is 4.68 Å². The van der Waals surface area contributed by atoms with Gasteiger partial charge in [-0.05, 0) is 23.3 Å². The SMILES string of the molecule is Cn1cc(C2(CNC(=O)Cn3cnnn3)CCCO2)cn1. The van der Waals surface area contributed by atoms with Crippen molar-refractivity contribution in [3.63, 3.8) is 0 Å². The largest absolute Gasteiger partial charge is 0.368 e. The molecule has 2 aromatic rings. The van der Waals surface area contributed by atoms with Crippen LogP contribution in [-0.4, -0.2) is 49.0 Å². The number of tetrazole rings is 1. The van der Waals surface area contributed by atoms with Gasteiger partial charge in [0.1, 0.15) is 18.5 Å². The lowest BCUT2D eigenvalue weighted by atomic mass is 9.93. The van der Waals surface area contributed by atoms with Crippen molar-refractivity contribution in [1.82, 2.24) is 35.3 Å². The van der Waals surface area contributed by atoms with E-state index >= 15 is 0 Å². The Labute approximate surface area is 121 Å². The summed E-state index contributed by atoms with van der Waals surface area (Å²) in [5.41, 5.74) is 0.509. The van der Waals surface area contributed by atoms with Gasteiger partial charge in [0.25, 0.3) is 0 Å². The maximum atomic E-state index is 11.9. The summed E-state index contributed by atoms with van der Waals surface area (Å²) in [6.45, 7) is 1.20. The lowest BCUT2D eigenvalue weighted by molar-refractivity contribution is -0.123. The predicted octanol–water partition coefficient (Wildman–Crippen LogP) is -0.771. The van der Waals surface area contributed by atoms with Gasteiger partial charge in [0.2, 0.25) is 5.91 Å². The highest BCUT2D eigenvalue weighted by Crippen LogP contribution is 2.35. The molecule has 3 rings (SSSR count). The molecule has 0 saturated carbocycles. The van der Waals surface area contributed by atoms with Crippen LogP contribution in [0.5, 0.6) is 0 Å². The first-order chi connectivity index (χ1) is 10.2. The van der Waals surface area contributed by atoms with Crippen LogP contribution in [0.3, 0.4) is 0 Å². The third-order valence-corrected chi connectivity index (χ3v) is 3.60. The Balaban J connectivity index is 1.64. The molecule has 1 amide bonds. The molecule has 1 aliphatic heterocycles. The Kier molecular flexibility index (Phi) is 3.65. The van der Waals surface area contributed by atoms with Crippen molar-refractivity contribution in [3.05, 3.63) is 24.3 Å². The van der Waals surface area contributed by atoms with Gasteiger partial charge in [0, 0.05) is 25.4 Å². The van der Waals surface area contributed by atoms with Gasteiger partial charge in [0.15, 0.2) is 0 Å². The summed E-state index contributed by atoms with van der Waals surface area (Å²) in [4.78, 5) is 11.9. The van der Waals surface area contributed by atoms with E-state index in [1.807, 2.05) is 13.2 Å². The number of aromatic nitrogens is 6. The number of ether oxygens (including phenoxy) is 1. The average molecular weight is 291 g/mol. The van der Waals surface area contributed by atoms with Crippen LogP contribution in [0.1, 0.15) is 18.4 Å². The molecule has 0 bridgehead atoms. The van der Waals surface area contributed by atoms with Crippen LogP contribution >= 0.6 is 0 Å². The second-order valence-corrected chi connectivity index (χ2v) is 5.13. The highest BCUT2D eigenvalue weighted by atomic mass is 16.5. The molecule has 0 aliphatic carbocycles. The van der Waals surface area contributed by atoms with Crippen molar-refractivity contribution in [1.29, 1.82) is 0 Å². The zero-order chi connectivity index (χ0) is 14.7. The summed E-state index contributed by atoms with van der Waals surface area (Å²) in [7, 11) is 1.86. The van der Waals surface area contributed by atoms with E-state index in [-0.39, 0.29) is 12.5 Å². The van der Waals surface area contributed by atoms with Crippen LogP contribution in [0.15, 0.2) is 18.7 Å². The van der Waals surface area contributed by atoms with E-state index < -0.39 is 5.60 Å². The van der Waals surface area contributed by atoms with Crippen molar-refractivity contribution in [3.8, 4) is 0 Å². The Morgan fingerprint density at radius 3 is 3.10 bits per heavy atom. The van der Waals surface area contributed by atoms with E-state index in [1.165, 1.54) is 11.0 Å². The first kappa shape index (κ1) is 13.7. The minimum absolute atomic E-state index is 0.0934. The number of hydrogen-bond acceptors (Lipinski definition) is 6. The highest BCUT2D eigenvalue weighted by molar-refractivity contribution is 5.75. The fourth-order valence-electron chi connectivity index (χ4n) is 2.52. The van der Waals surface area contributed by atoms with Crippen LogP contribution in [-0.2, 0) is 28.7 Å². The van der Waals surface area contributed by atoms with E-state index in [1.54, 1.807) is 10.9 Å². The van der Waals surface area contributed by atoms with Gasteiger partial charge >= 0.3 is 0 Å². The van der Waals surface area contributed by atoms with E-state index in [9.17, 15) is 4.79 Å². The topological polar surface area (TPSA) is 99.8 Å². The Hall–Kier alpha value is -2.29. The summed E-state index contributed by atoms with van der Waals surface area (Å²) >= 11 is 0. The predicted molar refractivity (Wildman–Crippen MR) is 70.9 cm³/mol. The van der Waals surface area contributed by atoms with Gasteiger partial charge in [-0.3, -0.25) is 9.48 Å². The molecular formula is C12H17N7O2. The molecule has 112 valence electrons. The smallest absolute Gasteiger partial charge is 0.241 e. The van der Waals surface area contributed by atoms with Gasteiger partial charge in [0.05, 0.1) is 12.7 Å². The van der Waals surface area contributed by atoms with Crippen molar-refractivity contribution in [2.45, 2.75) is 25.0 Å². The van der Waals surface area contributed by atoms with Crippen LogP contribution < -0.4 is 5.32 Å². The standard InChI is InChI=1S/C12H17N7O2/c1-18-6-10(5-15-18)12(3-2-4-21-12)8-13-11(20)7-19-9-14-16-17-19/h5-6,9H,2-4,7-8H2,1H3,(H,13,20). The summed E-state index contributed by atoms with van der Waals surface area (Å²) in [5.74, 6) is -0.152. The number of hydrogen-bond donors (Lipinski definition) is 1. The molecule has 0 spiro atoms. The van der Waals surface area contributed by atoms with Gasteiger partial charge in [-0.2, -0.15) is 5.10 Å². The zero-order valence-electron chi connectivity index (χ0n) is 11.8. The second kappa shape index (κ2) is 5.60. The molecule has 1 aliphatic rings. The quantitative estimate of drug-likeness (QED) is 0.776. The minimum atomic E-state index is -0.482. The number of carbonyl (C=O) groups excluding carboxylic acids is 1. The number of rotatable bonds is 5. The number of nitrogens with one attached hydrogen (secondary N) is 1. The van der Waals surface area contributed by atoms with Crippen LogP contribution in [0.25, 0.3) is 0 Å². The van der Waals surface area contributed by atoms with Crippen molar-refractivity contribution in [2.24, 2.45) is 7.05 Å². The first-order valence-corrected chi connectivity index (χ1v) is 6.78. The average Bonchev–Trinajstić information content (AvgIpc) is 3.17. The fourth-order valence-corrected chi connectivity index (χ4v) is 2.52. The summed E-state index contributed by atoms with van der Waals surface area (Å²) in [6, 6.07) is 0. The molecule has 1 unspecified atom stereocenters. The molecular weight excluding hydrogens is 274 g/mol. The Morgan fingerprint density at radius 2 is 2.48 bits per heavy atom. The van der Waals surface area contributed by atoms with Crippen LogP contribution in [0.4, 0.5) is 0 Å². The van der Waals surface area contributed by atoms with Gasteiger partial charge in [-0.1, -0.05) is 0 Å². The van der Waals surface area contributed by atoms with Crippen molar-refractivity contribution < 1.29 is 9.53 Å². The lowest BCUT2D eigenvalue weighted by Crippen LogP contribution is -2.41. The number of carbonyl (C=O) groups is 1. The molecule has 3 heterocycles. The molecule has 1 fully saturated rings. The van der Waals surface area contributed by atoms with Crippen molar-refractivity contribution >= 4 is 5.91 Å². The minimum Gasteiger partial charge on any atom is -0.368 e. The zero-order valence-corrected chi connectivity index (χ0v) is 11.8. The second-order valence-electron chi connectivity index (χ2n) is 5.13. The molecule has 1 N–H and O–H groups in total. The molecule has 0 aromatic carbocycles. The number of nitrogens with zero attached hydrogens (tertiary/aromatic N) is 6. The Morgan fingerprint density at radius 1 is 1.57 bits per heavy atom. The fraction of sp³-hybridized carbons (Fsp3) is 0.583. The van der Waals surface area contributed by atoms with E-state index in [0.717, 1.165) is 18.4 Å². The van der Waals surface area contributed by atoms with Crippen LogP contribution in [0.2, 0.25) is 0 Å². The van der Waals surface area contributed by atoms with Gasteiger partial charge in [-0.15, -0.1) is 5.10 Å². The summed E-state index contributed by atoms with van der Waals surface area (Å²) in [6.07, 6.45) is 6.96. The summed E-state index contributed by atoms with van der Waals surface area (Å²) < 4.78 is 9.02. The van der Waals surface area contributed by atoms with Crippen LogP contribution in [0, 0.1) is 0 Å². The maximum Gasteiger partial charge on any atom is 0.241 e.